The van der Waals surface area contributed by atoms with Gasteiger partial charge in [0.15, 0.2) is 0 Å². The van der Waals surface area contributed by atoms with Gasteiger partial charge in [0, 0.05) is 34.6 Å². The lowest BCUT2D eigenvalue weighted by Crippen LogP contribution is -2.00. The topological polar surface area (TPSA) is 60.4 Å². The molecule has 5 aromatic rings. The largest absolute Gasteiger partial charge is 0.309 e. The summed E-state index contributed by atoms with van der Waals surface area (Å²) in [5, 5.41) is 12.2. The second-order valence-corrected chi connectivity index (χ2v) is 8.87. The van der Waals surface area contributed by atoms with Gasteiger partial charge in [0.2, 0.25) is 0 Å². The quantitative estimate of drug-likeness (QED) is 0.130. The molecule has 0 atom stereocenters. The highest BCUT2D eigenvalue weighted by molar-refractivity contribution is 6.33. The van der Waals surface area contributed by atoms with Gasteiger partial charge < -0.3 is 4.57 Å². The molecule has 0 aliphatic rings. The number of rotatable bonds is 6. The minimum absolute atomic E-state index is 0.0708. The molecule has 0 bridgehead atoms. The third kappa shape index (κ3) is 4.80. The molecule has 0 fully saturated rings. The predicted octanol–water partition coefficient (Wildman–Crippen LogP) is 8.78. The number of non-ortho nitro benzene ring substituents is 1. The van der Waals surface area contributed by atoms with Crippen LogP contribution in [0.2, 0.25) is 10.0 Å². The number of halogens is 2. The van der Waals surface area contributed by atoms with Crippen molar-refractivity contribution in [2.24, 2.45) is 4.99 Å². The number of benzene rings is 4. The van der Waals surface area contributed by atoms with Gasteiger partial charge in [-0.25, -0.2) is 0 Å². The second kappa shape index (κ2) is 10.2. The zero-order chi connectivity index (χ0) is 25.1. The third-order valence-corrected chi connectivity index (χ3v) is 6.29. The maximum atomic E-state index is 11.3. The first-order valence-electron chi connectivity index (χ1n) is 11.1. The molecular weight excluding hydrogens is 493 g/mol. The SMILES string of the molecule is O=[N+]([O-])c1ccc(Cl)c(N=Cc2cc(-c3ccccc3)n(-c3ccc(Cl)cc3)c2-c2ccccc2)c1. The summed E-state index contributed by atoms with van der Waals surface area (Å²) in [5.74, 6) is 0. The highest BCUT2D eigenvalue weighted by Gasteiger charge is 2.19. The predicted molar refractivity (Wildman–Crippen MR) is 147 cm³/mol. The van der Waals surface area contributed by atoms with Crippen LogP contribution in [0.4, 0.5) is 11.4 Å². The lowest BCUT2D eigenvalue weighted by atomic mass is 10.1. The summed E-state index contributed by atoms with van der Waals surface area (Å²) in [6.07, 6.45) is 1.70. The molecule has 5 nitrogen and oxygen atoms in total. The number of aliphatic imine (C=N–C) groups is 1. The fraction of sp³-hybridized carbons (Fsp3) is 0. The zero-order valence-corrected chi connectivity index (χ0v) is 20.4. The number of nitro benzene ring substituents is 1. The van der Waals surface area contributed by atoms with Crippen molar-refractivity contribution in [3.8, 4) is 28.2 Å². The Morgan fingerprint density at radius 1 is 0.778 bits per heavy atom. The minimum atomic E-state index is -0.463. The Kier molecular flexibility index (Phi) is 6.67. The van der Waals surface area contributed by atoms with Crippen LogP contribution in [0.5, 0.6) is 0 Å². The maximum absolute atomic E-state index is 11.3. The van der Waals surface area contributed by atoms with Gasteiger partial charge in [0.25, 0.3) is 5.69 Å². The molecule has 0 amide bonds. The van der Waals surface area contributed by atoms with Crippen molar-refractivity contribution in [2.45, 2.75) is 0 Å². The Labute approximate surface area is 218 Å². The minimum Gasteiger partial charge on any atom is -0.309 e. The molecule has 0 aliphatic heterocycles. The van der Waals surface area contributed by atoms with Crippen molar-refractivity contribution in [1.29, 1.82) is 0 Å². The van der Waals surface area contributed by atoms with Gasteiger partial charge in [-0.2, -0.15) is 0 Å². The van der Waals surface area contributed by atoms with Crippen molar-refractivity contribution < 1.29 is 4.92 Å². The molecule has 1 aromatic heterocycles. The summed E-state index contributed by atoms with van der Waals surface area (Å²) >= 11 is 12.5. The highest BCUT2D eigenvalue weighted by Crippen LogP contribution is 2.36. The highest BCUT2D eigenvalue weighted by atomic mass is 35.5. The van der Waals surface area contributed by atoms with Gasteiger partial charge in [0.05, 0.1) is 27.0 Å². The molecular formula is C29H19Cl2N3O2. The molecule has 5 rings (SSSR count). The molecule has 176 valence electrons. The van der Waals surface area contributed by atoms with E-state index in [-0.39, 0.29) is 5.69 Å². The molecule has 0 saturated heterocycles. The standard InChI is InChI=1S/C29H19Cl2N3O2/c30-23-11-13-24(14-12-23)33-28(20-7-3-1-4-8-20)17-22(29(33)21-9-5-2-6-10-21)19-32-27-18-25(34(35)36)15-16-26(27)31/h1-19H. The molecule has 0 radical (unpaired) electrons. The number of hydrogen-bond donors (Lipinski definition) is 0. The molecule has 0 unspecified atom stereocenters. The molecule has 0 spiro atoms. The molecule has 0 N–H and O–H groups in total. The fourth-order valence-electron chi connectivity index (χ4n) is 4.05. The van der Waals surface area contributed by atoms with Crippen molar-refractivity contribution in [3.05, 3.63) is 135 Å². The van der Waals surface area contributed by atoms with E-state index in [0.29, 0.717) is 15.7 Å². The van der Waals surface area contributed by atoms with Crippen LogP contribution >= 0.6 is 23.2 Å². The van der Waals surface area contributed by atoms with Gasteiger partial charge in [-0.05, 0) is 47.5 Å². The molecule has 7 heteroatoms. The summed E-state index contributed by atoms with van der Waals surface area (Å²) in [5.41, 5.74) is 5.91. The molecule has 0 aliphatic carbocycles. The third-order valence-electron chi connectivity index (χ3n) is 5.72. The Balaban J connectivity index is 1.76. The average Bonchev–Trinajstić information content (AvgIpc) is 3.29. The van der Waals surface area contributed by atoms with Crippen LogP contribution in [0.3, 0.4) is 0 Å². The van der Waals surface area contributed by atoms with E-state index in [4.69, 9.17) is 23.2 Å². The van der Waals surface area contributed by atoms with Crippen LogP contribution in [0, 0.1) is 10.1 Å². The van der Waals surface area contributed by atoms with E-state index in [1.165, 1.54) is 18.2 Å². The Morgan fingerprint density at radius 3 is 2.06 bits per heavy atom. The van der Waals surface area contributed by atoms with Crippen LogP contribution in [-0.2, 0) is 0 Å². The summed E-state index contributed by atoms with van der Waals surface area (Å²) in [4.78, 5) is 15.4. The van der Waals surface area contributed by atoms with Crippen LogP contribution < -0.4 is 0 Å². The Morgan fingerprint density at radius 2 is 1.42 bits per heavy atom. The number of hydrogen-bond acceptors (Lipinski definition) is 3. The van der Waals surface area contributed by atoms with E-state index < -0.39 is 4.92 Å². The van der Waals surface area contributed by atoms with Crippen LogP contribution in [0.25, 0.3) is 28.2 Å². The van der Waals surface area contributed by atoms with Crippen LogP contribution in [0.1, 0.15) is 5.56 Å². The van der Waals surface area contributed by atoms with Crippen molar-refractivity contribution >= 4 is 40.8 Å². The number of nitro groups is 1. The van der Waals surface area contributed by atoms with E-state index >= 15 is 0 Å². The molecule has 1 heterocycles. The van der Waals surface area contributed by atoms with Gasteiger partial charge in [0.1, 0.15) is 0 Å². The van der Waals surface area contributed by atoms with E-state index in [1.807, 2.05) is 72.8 Å². The van der Waals surface area contributed by atoms with E-state index in [0.717, 1.165) is 33.8 Å². The first-order chi connectivity index (χ1) is 17.5. The lowest BCUT2D eigenvalue weighted by molar-refractivity contribution is -0.384. The van der Waals surface area contributed by atoms with Crippen molar-refractivity contribution in [2.75, 3.05) is 0 Å². The first-order valence-corrected chi connectivity index (χ1v) is 11.9. The summed E-state index contributed by atoms with van der Waals surface area (Å²) < 4.78 is 2.16. The monoisotopic (exact) mass is 511 g/mol. The Bertz CT molecular complexity index is 1560. The normalized spacial score (nSPS) is 11.2. The summed E-state index contributed by atoms with van der Waals surface area (Å²) in [7, 11) is 0. The summed E-state index contributed by atoms with van der Waals surface area (Å²) in [6, 6.07) is 34.0. The molecule has 0 saturated carbocycles. The fourth-order valence-corrected chi connectivity index (χ4v) is 4.34. The van der Waals surface area contributed by atoms with Gasteiger partial charge in [-0.1, -0.05) is 83.9 Å². The smallest absolute Gasteiger partial charge is 0.271 e. The number of nitrogens with zero attached hydrogens (tertiary/aromatic N) is 3. The van der Waals surface area contributed by atoms with Gasteiger partial charge in [-0.15, -0.1) is 0 Å². The Hall–Kier alpha value is -4.19. The van der Waals surface area contributed by atoms with Crippen molar-refractivity contribution in [1.82, 2.24) is 4.57 Å². The molecule has 4 aromatic carbocycles. The van der Waals surface area contributed by atoms with Gasteiger partial charge in [-0.3, -0.25) is 15.1 Å². The average molecular weight is 512 g/mol. The van der Waals surface area contributed by atoms with Crippen molar-refractivity contribution in [3.63, 3.8) is 0 Å². The van der Waals surface area contributed by atoms with E-state index in [9.17, 15) is 10.1 Å². The van der Waals surface area contributed by atoms with E-state index in [2.05, 4.69) is 27.8 Å². The van der Waals surface area contributed by atoms with Crippen LogP contribution in [-0.4, -0.2) is 15.7 Å². The second-order valence-electron chi connectivity index (χ2n) is 8.03. The van der Waals surface area contributed by atoms with Gasteiger partial charge >= 0.3 is 0 Å². The maximum Gasteiger partial charge on any atom is 0.271 e. The van der Waals surface area contributed by atoms with E-state index in [1.54, 1.807) is 6.21 Å². The molecule has 36 heavy (non-hydrogen) atoms. The first kappa shape index (κ1) is 23.5. The zero-order valence-electron chi connectivity index (χ0n) is 18.9. The van der Waals surface area contributed by atoms with Crippen LogP contribution in [0.15, 0.2) is 114 Å². The summed E-state index contributed by atoms with van der Waals surface area (Å²) in [6.45, 7) is 0. The number of aromatic nitrogens is 1. The lowest BCUT2D eigenvalue weighted by Gasteiger charge is -2.15.